The van der Waals surface area contributed by atoms with Crippen molar-refractivity contribution in [2.24, 2.45) is 5.92 Å². The van der Waals surface area contributed by atoms with Crippen molar-refractivity contribution in [3.8, 4) is 0 Å². The van der Waals surface area contributed by atoms with Crippen LogP contribution in [0.5, 0.6) is 0 Å². The van der Waals surface area contributed by atoms with Crippen molar-refractivity contribution in [1.29, 1.82) is 0 Å². The van der Waals surface area contributed by atoms with Crippen LogP contribution in [0.15, 0.2) is 0 Å². The van der Waals surface area contributed by atoms with Gasteiger partial charge in [-0.15, -0.1) is 0 Å². The number of amides is 2. The molecule has 0 bridgehead atoms. The molecule has 4 heteroatoms. The Morgan fingerprint density at radius 1 is 1.35 bits per heavy atom. The number of hydrogen-bond acceptors (Lipinski definition) is 2. The fourth-order valence-electron chi connectivity index (χ4n) is 2.42. The minimum atomic E-state index is 0.0835. The van der Waals surface area contributed by atoms with Gasteiger partial charge in [-0.1, -0.05) is 0 Å². The summed E-state index contributed by atoms with van der Waals surface area (Å²) in [6, 6.07) is 1.06. The average molecular weight is 240 g/mol. The number of nitrogens with zero attached hydrogens (tertiary/aromatic N) is 1. The van der Waals surface area contributed by atoms with E-state index in [1.807, 2.05) is 6.92 Å². The maximum atomic E-state index is 12.2. The van der Waals surface area contributed by atoms with E-state index < -0.39 is 0 Å². The standard InChI is InChI=1S/C13H24N2O2/c1-9(8-17-3)14-13(16)15(12-6-7-12)10(2)11-4-5-11/h9-12H,4-8H2,1-3H3,(H,14,16)/t9-,10-/m0/s1. The van der Waals surface area contributed by atoms with Crippen LogP contribution in [0.1, 0.15) is 39.5 Å². The van der Waals surface area contributed by atoms with Gasteiger partial charge < -0.3 is 15.0 Å². The smallest absolute Gasteiger partial charge is 0.318 e. The molecular weight excluding hydrogens is 216 g/mol. The first-order chi connectivity index (χ1) is 8.13. The molecule has 0 radical (unpaired) electrons. The maximum Gasteiger partial charge on any atom is 0.318 e. The molecule has 0 aromatic heterocycles. The second-order valence-corrected chi connectivity index (χ2v) is 5.52. The first kappa shape index (κ1) is 12.7. The topological polar surface area (TPSA) is 41.6 Å². The second-order valence-electron chi connectivity index (χ2n) is 5.52. The quantitative estimate of drug-likeness (QED) is 0.771. The first-order valence-corrected chi connectivity index (χ1v) is 6.71. The summed E-state index contributed by atoms with van der Waals surface area (Å²) < 4.78 is 5.05. The lowest BCUT2D eigenvalue weighted by molar-refractivity contribution is 0.144. The number of nitrogens with one attached hydrogen (secondary N) is 1. The molecule has 2 atom stereocenters. The summed E-state index contributed by atoms with van der Waals surface area (Å²) in [6.07, 6.45) is 4.91. The van der Waals surface area contributed by atoms with Crippen molar-refractivity contribution < 1.29 is 9.53 Å². The van der Waals surface area contributed by atoms with E-state index in [0.29, 0.717) is 18.7 Å². The van der Waals surface area contributed by atoms with Crippen molar-refractivity contribution in [1.82, 2.24) is 10.2 Å². The highest BCUT2D eigenvalue weighted by Gasteiger charge is 2.41. The Labute approximate surface area is 104 Å². The summed E-state index contributed by atoms with van der Waals surface area (Å²) >= 11 is 0. The number of hydrogen-bond donors (Lipinski definition) is 1. The van der Waals surface area contributed by atoms with Gasteiger partial charge in [-0.25, -0.2) is 4.79 Å². The van der Waals surface area contributed by atoms with Crippen molar-refractivity contribution in [3.05, 3.63) is 0 Å². The molecule has 4 nitrogen and oxygen atoms in total. The Morgan fingerprint density at radius 3 is 2.47 bits per heavy atom. The maximum absolute atomic E-state index is 12.2. The van der Waals surface area contributed by atoms with E-state index in [2.05, 4.69) is 17.1 Å². The van der Waals surface area contributed by atoms with E-state index in [9.17, 15) is 4.79 Å². The van der Waals surface area contributed by atoms with E-state index in [1.165, 1.54) is 25.7 Å². The van der Waals surface area contributed by atoms with Crippen LogP contribution in [0.4, 0.5) is 4.79 Å². The Balaban J connectivity index is 1.88. The molecule has 2 saturated carbocycles. The molecule has 2 rings (SSSR count). The zero-order chi connectivity index (χ0) is 12.4. The van der Waals surface area contributed by atoms with Gasteiger partial charge in [0.2, 0.25) is 0 Å². The second kappa shape index (κ2) is 5.25. The summed E-state index contributed by atoms with van der Waals surface area (Å²) in [4.78, 5) is 14.3. The highest BCUT2D eigenvalue weighted by atomic mass is 16.5. The molecular formula is C13H24N2O2. The molecule has 98 valence electrons. The monoisotopic (exact) mass is 240 g/mol. The largest absolute Gasteiger partial charge is 0.383 e. The van der Waals surface area contributed by atoms with Crippen LogP contribution in [-0.4, -0.2) is 42.8 Å². The van der Waals surface area contributed by atoms with Crippen LogP contribution in [0.3, 0.4) is 0 Å². The third kappa shape index (κ3) is 3.35. The molecule has 2 amide bonds. The van der Waals surface area contributed by atoms with Gasteiger partial charge in [-0.05, 0) is 45.4 Å². The molecule has 2 fully saturated rings. The van der Waals surface area contributed by atoms with Crippen LogP contribution < -0.4 is 5.32 Å². The summed E-state index contributed by atoms with van der Waals surface area (Å²) in [5.41, 5.74) is 0. The van der Waals surface area contributed by atoms with Gasteiger partial charge in [0.1, 0.15) is 0 Å². The number of ether oxygens (including phenoxy) is 1. The summed E-state index contributed by atoms with van der Waals surface area (Å²) in [5.74, 6) is 0.735. The number of urea groups is 1. The lowest BCUT2D eigenvalue weighted by Gasteiger charge is -2.31. The van der Waals surface area contributed by atoms with Crippen molar-refractivity contribution in [2.75, 3.05) is 13.7 Å². The predicted octanol–water partition coefficient (Wildman–Crippen LogP) is 1.99. The number of carbonyl (C=O) groups is 1. The highest BCUT2D eigenvalue weighted by Crippen LogP contribution is 2.39. The van der Waals surface area contributed by atoms with Gasteiger partial charge in [0.05, 0.1) is 12.6 Å². The Bertz CT molecular complexity index is 275. The van der Waals surface area contributed by atoms with Crippen LogP contribution in [0.25, 0.3) is 0 Å². The van der Waals surface area contributed by atoms with E-state index >= 15 is 0 Å². The summed E-state index contributed by atoms with van der Waals surface area (Å²) in [7, 11) is 1.66. The lowest BCUT2D eigenvalue weighted by Crippen LogP contribution is -2.50. The minimum absolute atomic E-state index is 0.0835. The molecule has 0 saturated heterocycles. The fraction of sp³-hybridized carbons (Fsp3) is 0.923. The molecule has 0 aromatic carbocycles. The Kier molecular flexibility index (Phi) is 3.92. The zero-order valence-electron chi connectivity index (χ0n) is 11.1. The first-order valence-electron chi connectivity index (χ1n) is 6.71. The number of methoxy groups -OCH3 is 1. The van der Waals surface area contributed by atoms with Gasteiger partial charge in [0.25, 0.3) is 0 Å². The van der Waals surface area contributed by atoms with E-state index in [1.54, 1.807) is 7.11 Å². The molecule has 1 N–H and O–H groups in total. The average Bonchev–Trinajstić information content (AvgIpc) is 3.13. The highest BCUT2D eigenvalue weighted by molar-refractivity contribution is 5.75. The third-order valence-corrected chi connectivity index (χ3v) is 3.70. The van der Waals surface area contributed by atoms with Gasteiger partial charge in [0.15, 0.2) is 0 Å². The number of rotatable bonds is 6. The molecule has 17 heavy (non-hydrogen) atoms. The SMILES string of the molecule is COC[C@H](C)NC(=O)N(C1CC1)[C@@H](C)C1CC1. The fourth-order valence-corrected chi connectivity index (χ4v) is 2.42. The zero-order valence-corrected chi connectivity index (χ0v) is 11.1. The molecule has 0 spiro atoms. The molecule has 0 aromatic rings. The molecule has 0 unspecified atom stereocenters. The van der Waals surface area contributed by atoms with Crippen LogP contribution in [0, 0.1) is 5.92 Å². The lowest BCUT2D eigenvalue weighted by atomic mass is 10.2. The Morgan fingerprint density at radius 2 is 2.00 bits per heavy atom. The molecule has 0 heterocycles. The van der Waals surface area contributed by atoms with Gasteiger partial charge in [0, 0.05) is 19.2 Å². The van der Waals surface area contributed by atoms with E-state index in [-0.39, 0.29) is 12.1 Å². The molecule has 2 aliphatic rings. The van der Waals surface area contributed by atoms with Gasteiger partial charge in [-0.3, -0.25) is 0 Å². The number of carbonyl (C=O) groups excluding carboxylic acids is 1. The minimum Gasteiger partial charge on any atom is -0.383 e. The van der Waals surface area contributed by atoms with Crippen molar-refractivity contribution in [3.63, 3.8) is 0 Å². The van der Waals surface area contributed by atoms with Crippen LogP contribution in [0.2, 0.25) is 0 Å². The van der Waals surface area contributed by atoms with E-state index in [0.717, 1.165) is 5.92 Å². The predicted molar refractivity (Wildman–Crippen MR) is 66.9 cm³/mol. The summed E-state index contributed by atoms with van der Waals surface area (Å²) in [6.45, 7) is 4.74. The Hall–Kier alpha value is -0.770. The van der Waals surface area contributed by atoms with Crippen LogP contribution >= 0.6 is 0 Å². The van der Waals surface area contributed by atoms with Crippen molar-refractivity contribution in [2.45, 2.75) is 57.7 Å². The van der Waals surface area contributed by atoms with Crippen molar-refractivity contribution >= 4 is 6.03 Å². The molecule has 0 aliphatic heterocycles. The normalized spacial score (nSPS) is 23.0. The molecule has 2 aliphatic carbocycles. The van der Waals surface area contributed by atoms with Crippen LogP contribution in [-0.2, 0) is 4.74 Å². The summed E-state index contributed by atoms with van der Waals surface area (Å²) in [5, 5.41) is 3.03. The van der Waals surface area contributed by atoms with Gasteiger partial charge in [-0.2, -0.15) is 0 Å². The third-order valence-electron chi connectivity index (χ3n) is 3.70. The van der Waals surface area contributed by atoms with Gasteiger partial charge >= 0.3 is 6.03 Å². The van der Waals surface area contributed by atoms with E-state index in [4.69, 9.17) is 4.74 Å².